The van der Waals surface area contributed by atoms with Gasteiger partial charge in [0.25, 0.3) is 0 Å². The van der Waals surface area contributed by atoms with Crippen LogP contribution in [0.2, 0.25) is 0 Å². The number of benzene rings is 2. The van der Waals surface area contributed by atoms with Crippen LogP contribution in [0.15, 0.2) is 60.0 Å². The molecule has 0 spiro atoms. The summed E-state index contributed by atoms with van der Waals surface area (Å²) < 4.78 is 26.8. The molecule has 6 heteroatoms. The van der Waals surface area contributed by atoms with Crippen LogP contribution < -0.4 is 10.6 Å². The van der Waals surface area contributed by atoms with Gasteiger partial charge in [-0.05, 0) is 53.8 Å². The van der Waals surface area contributed by atoms with Gasteiger partial charge in [-0.3, -0.25) is 10.1 Å². The fourth-order valence-corrected chi connectivity index (χ4v) is 3.39. The Balaban J connectivity index is 1.68. The predicted octanol–water partition coefficient (Wildman–Crippen LogP) is 4.65. The monoisotopic (exact) mass is 372 g/mol. The van der Waals surface area contributed by atoms with Crippen molar-refractivity contribution in [2.24, 2.45) is 0 Å². The molecular formula is C20H18F2N2OS. The van der Waals surface area contributed by atoms with E-state index in [1.54, 1.807) is 42.5 Å². The maximum Gasteiger partial charge on any atom is 0.238 e. The summed E-state index contributed by atoms with van der Waals surface area (Å²) >= 11 is 1.55. The second-order valence-corrected chi connectivity index (χ2v) is 6.87. The molecule has 3 nitrogen and oxygen atoms in total. The first-order valence-corrected chi connectivity index (χ1v) is 8.99. The minimum atomic E-state index is -0.362. The summed E-state index contributed by atoms with van der Waals surface area (Å²) in [5, 5.41) is 7.81. The van der Waals surface area contributed by atoms with Crippen LogP contribution in [0.4, 0.5) is 14.5 Å². The molecule has 0 saturated heterocycles. The Morgan fingerprint density at radius 1 is 1.12 bits per heavy atom. The lowest BCUT2D eigenvalue weighted by Crippen LogP contribution is -2.31. The molecule has 3 rings (SSSR count). The Kier molecular flexibility index (Phi) is 5.75. The van der Waals surface area contributed by atoms with Gasteiger partial charge >= 0.3 is 0 Å². The minimum absolute atomic E-state index is 0.0371. The van der Waals surface area contributed by atoms with Crippen LogP contribution in [-0.2, 0) is 4.79 Å². The van der Waals surface area contributed by atoms with E-state index in [9.17, 15) is 13.6 Å². The molecular weight excluding hydrogens is 354 g/mol. The van der Waals surface area contributed by atoms with Crippen LogP contribution >= 0.6 is 11.3 Å². The molecule has 1 atom stereocenters. The first-order chi connectivity index (χ1) is 12.5. The van der Waals surface area contributed by atoms with Crippen molar-refractivity contribution in [2.45, 2.75) is 13.0 Å². The highest BCUT2D eigenvalue weighted by molar-refractivity contribution is 7.10. The molecule has 0 unspecified atom stereocenters. The van der Waals surface area contributed by atoms with Gasteiger partial charge in [-0.1, -0.05) is 24.3 Å². The fraction of sp³-hybridized carbons (Fsp3) is 0.150. The van der Waals surface area contributed by atoms with E-state index in [0.29, 0.717) is 11.3 Å². The Bertz CT molecular complexity index is 879. The van der Waals surface area contributed by atoms with Crippen LogP contribution in [0, 0.1) is 18.6 Å². The normalized spacial score (nSPS) is 12.0. The van der Waals surface area contributed by atoms with Crippen molar-refractivity contribution in [1.82, 2.24) is 5.32 Å². The SMILES string of the molecule is Cc1ccc(NC(=O)CN[C@H](c2ccc(F)cc2)c2cccs2)cc1F. The number of halogens is 2. The molecule has 0 aliphatic rings. The van der Waals surface area contributed by atoms with E-state index in [0.717, 1.165) is 10.4 Å². The van der Waals surface area contributed by atoms with Crippen LogP contribution in [0.3, 0.4) is 0 Å². The van der Waals surface area contributed by atoms with Crippen molar-refractivity contribution in [3.63, 3.8) is 0 Å². The van der Waals surface area contributed by atoms with Gasteiger partial charge in [0.05, 0.1) is 12.6 Å². The molecule has 0 radical (unpaired) electrons. The van der Waals surface area contributed by atoms with Crippen molar-refractivity contribution < 1.29 is 13.6 Å². The summed E-state index contributed by atoms with van der Waals surface area (Å²) in [6.07, 6.45) is 0. The number of thiophene rings is 1. The smallest absolute Gasteiger partial charge is 0.238 e. The van der Waals surface area contributed by atoms with Gasteiger partial charge in [0.1, 0.15) is 11.6 Å². The third-order valence-electron chi connectivity index (χ3n) is 3.95. The van der Waals surface area contributed by atoms with Crippen LogP contribution in [0.5, 0.6) is 0 Å². The lowest BCUT2D eigenvalue weighted by Gasteiger charge is -2.18. The molecule has 2 N–H and O–H groups in total. The maximum absolute atomic E-state index is 13.6. The zero-order valence-corrected chi connectivity index (χ0v) is 14.9. The summed E-state index contributed by atoms with van der Waals surface area (Å²) in [4.78, 5) is 13.2. The molecule has 2 aromatic carbocycles. The molecule has 1 aromatic heterocycles. The molecule has 0 saturated carbocycles. The topological polar surface area (TPSA) is 41.1 Å². The van der Waals surface area contributed by atoms with Crippen LogP contribution in [-0.4, -0.2) is 12.5 Å². The summed E-state index contributed by atoms with van der Waals surface area (Å²) in [7, 11) is 0. The van der Waals surface area contributed by atoms with E-state index in [1.807, 2.05) is 17.5 Å². The number of carbonyl (C=O) groups is 1. The molecule has 1 amide bonds. The number of amides is 1. The van der Waals surface area contributed by atoms with Gasteiger partial charge in [-0.15, -0.1) is 11.3 Å². The maximum atomic E-state index is 13.6. The Morgan fingerprint density at radius 2 is 1.88 bits per heavy atom. The van der Waals surface area contributed by atoms with E-state index in [2.05, 4.69) is 10.6 Å². The molecule has 0 bridgehead atoms. The van der Waals surface area contributed by atoms with Crippen molar-refractivity contribution in [3.8, 4) is 0 Å². The molecule has 0 fully saturated rings. The second kappa shape index (κ2) is 8.21. The standard InChI is InChI=1S/C20H18F2N2OS/c1-13-4-9-16(11-17(13)22)24-19(25)12-23-20(18-3-2-10-26-18)14-5-7-15(21)8-6-14/h2-11,20,23H,12H2,1H3,(H,24,25)/t20-/m1/s1. The first kappa shape index (κ1) is 18.2. The molecule has 26 heavy (non-hydrogen) atoms. The summed E-state index contributed by atoms with van der Waals surface area (Å²) in [6, 6.07) is 14.4. The summed E-state index contributed by atoms with van der Waals surface area (Å²) in [5.41, 5.74) is 1.80. The van der Waals surface area contributed by atoms with Crippen molar-refractivity contribution in [3.05, 3.63) is 87.6 Å². The van der Waals surface area contributed by atoms with Gasteiger partial charge in [-0.25, -0.2) is 8.78 Å². The highest BCUT2D eigenvalue weighted by Crippen LogP contribution is 2.26. The molecule has 134 valence electrons. The number of carbonyl (C=O) groups excluding carboxylic acids is 1. The highest BCUT2D eigenvalue weighted by atomic mass is 32.1. The molecule has 0 aliphatic carbocycles. The Hall–Kier alpha value is -2.57. The van der Waals surface area contributed by atoms with Gasteiger partial charge in [0.2, 0.25) is 5.91 Å². The van der Waals surface area contributed by atoms with E-state index >= 15 is 0 Å². The zero-order chi connectivity index (χ0) is 18.5. The number of hydrogen-bond acceptors (Lipinski definition) is 3. The van der Waals surface area contributed by atoms with E-state index in [-0.39, 0.29) is 30.1 Å². The van der Waals surface area contributed by atoms with Gasteiger partial charge in [0.15, 0.2) is 0 Å². The van der Waals surface area contributed by atoms with Crippen LogP contribution in [0.1, 0.15) is 22.0 Å². The van der Waals surface area contributed by atoms with Crippen LogP contribution in [0.25, 0.3) is 0 Å². The third-order valence-corrected chi connectivity index (χ3v) is 4.89. The zero-order valence-electron chi connectivity index (χ0n) is 14.1. The first-order valence-electron chi connectivity index (χ1n) is 8.11. The van der Waals surface area contributed by atoms with Crippen molar-refractivity contribution >= 4 is 22.9 Å². The summed E-state index contributed by atoms with van der Waals surface area (Å²) in [6.45, 7) is 1.70. The average molecular weight is 372 g/mol. The number of anilines is 1. The average Bonchev–Trinajstić information content (AvgIpc) is 3.14. The number of rotatable bonds is 6. The summed E-state index contributed by atoms with van der Waals surface area (Å²) in [5.74, 6) is -0.951. The van der Waals surface area contributed by atoms with Crippen molar-refractivity contribution in [2.75, 3.05) is 11.9 Å². The molecule has 1 heterocycles. The minimum Gasteiger partial charge on any atom is -0.325 e. The third kappa shape index (κ3) is 4.53. The van der Waals surface area contributed by atoms with Gasteiger partial charge in [-0.2, -0.15) is 0 Å². The van der Waals surface area contributed by atoms with Gasteiger partial charge < -0.3 is 5.32 Å². The Morgan fingerprint density at radius 3 is 2.54 bits per heavy atom. The molecule has 3 aromatic rings. The predicted molar refractivity (Wildman–Crippen MR) is 100 cm³/mol. The second-order valence-electron chi connectivity index (χ2n) is 5.89. The molecule has 0 aliphatic heterocycles. The van der Waals surface area contributed by atoms with E-state index < -0.39 is 0 Å². The van der Waals surface area contributed by atoms with E-state index in [4.69, 9.17) is 0 Å². The van der Waals surface area contributed by atoms with E-state index in [1.165, 1.54) is 18.2 Å². The lowest BCUT2D eigenvalue weighted by atomic mass is 10.1. The largest absolute Gasteiger partial charge is 0.325 e. The number of aryl methyl sites for hydroxylation is 1. The van der Waals surface area contributed by atoms with Gasteiger partial charge in [0, 0.05) is 10.6 Å². The number of nitrogens with one attached hydrogen (secondary N) is 2. The lowest BCUT2D eigenvalue weighted by molar-refractivity contribution is -0.115. The highest BCUT2D eigenvalue weighted by Gasteiger charge is 2.16. The number of hydrogen-bond donors (Lipinski definition) is 2. The van der Waals surface area contributed by atoms with Crippen molar-refractivity contribution in [1.29, 1.82) is 0 Å². The Labute approximate surface area is 154 Å². The quantitative estimate of drug-likeness (QED) is 0.661. The fourth-order valence-electron chi connectivity index (χ4n) is 2.56.